The second-order valence-corrected chi connectivity index (χ2v) is 7.17. The molecule has 3 saturated heterocycles. The predicted octanol–water partition coefficient (Wildman–Crippen LogP) is -1.14. The number of nitrogens with one attached hydrogen (secondary N) is 1. The van der Waals surface area contributed by atoms with Gasteiger partial charge in [0, 0.05) is 5.57 Å². The van der Waals surface area contributed by atoms with Gasteiger partial charge in [0.25, 0.3) is 10.1 Å². The number of fused-ring (bicyclic) bond motifs is 1. The van der Waals surface area contributed by atoms with Crippen molar-refractivity contribution in [3.05, 3.63) is 12.2 Å². The summed E-state index contributed by atoms with van der Waals surface area (Å²) in [5.74, 6) is -1.12. The quantitative estimate of drug-likeness (QED) is 0.396. The van der Waals surface area contributed by atoms with Crippen molar-refractivity contribution in [2.45, 2.75) is 43.0 Å². The first kappa shape index (κ1) is 14.5. The Balaban J connectivity index is 1.59. The van der Waals surface area contributed by atoms with Gasteiger partial charge in [-0.15, -0.1) is 0 Å². The van der Waals surface area contributed by atoms with Crippen molar-refractivity contribution >= 4 is 22.0 Å². The lowest BCUT2D eigenvalue weighted by atomic mass is 9.94. The van der Waals surface area contributed by atoms with Crippen LogP contribution in [0.5, 0.6) is 0 Å². The fourth-order valence-corrected chi connectivity index (χ4v) is 4.51. The molecule has 5 unspecified atom stereocenters. The summed E-state index contributed by atoms with van der Waals surface area (Å²) in [6, 6.07) is 0. The largest absolute Gasteiger partial charge is 0.455 e. The minimum atomic E-state index is -3.63. The average Bonchev–Trinajstić information content (AvgIpc) is 2.99. The molecule has 0 aromatic heterocycles. The van der Waals surface area contributed by atoms with E-state index in [2.05, 4.69) is 11.9 Å². The maximum absolute atomic E-state index is 11.7. The Labute approximate surface area is 121 Å². The molecular weight excluding hydrogens is 302 g/mol. The van der Waals surface area contributed by atoms with Crippen LogP contribution in [-0.2, 0) is 33.4 Å². The highest BCUT2D eigenvalue weighted by atomic mass is 32.2. The van der Waals surface area contributed by atoms with Crippen LogP contribution in [0.2, 0.25) is 0 Å². The molecular formula is C12H15NO7S. The Bertz CT molecular complexity index is 613. The van der Waals surface area contributed by atoms with Crippen molar-refractivity contribution in [1.82, 2.24) is 5.32 Å². The molecule has 3 heterocycles. The first-order valence-corrected chi connectivity index (χ1v) is 7.97. The summed E-state index contributed by atoms with van der Waals surface area (Å²) >= 11 is 0. The molecule has 21 heavy (non-hydrogen) atoms. The Morgan fingerprint density at radius 3 is 2.76 bits per heavy atom. The first-order valence-electron chi connectivity index (χ1n) is 6.50. The Hall–Kier alpha value is -1.45. The fraction of sp³-hybridized carbons (Fsp3) is 0.667. The number of hydrogen-bond donors (Lipinski definition) is 1. The molecule has 9 heteroatoms. The maximum Gasteiger partial charge on any atom is 0.325 e. The van der Waals surface area contributed by atoms with Gasteiger partial charge in [0.05, 0.1) is 6.10 Å². The molecule has 0 aliphatic carbocycles. The van der Waals surface area contributed by atoms with E-state index in [-0.39, 0.29) is 18.5 Å². The molecule has 5 atom stereocenters. The van der Waals surface area contributed by atoms with E-state index in [1.54, 1.807) is 0 Å². The zero-order valence-corrected chi connectivity index (χ0v) is 12.1. The second-order valence-electron chi connectivity index (χ2n) is 5.38. The van der Waals surface area contributed by atoms with Gasteiger partial charge in [-0.25, -0.2) is 0 Å². The number of ether oxygens (including phenoxy) is 2. The predicted molar refractivity (Wildman–Crippen MR) is 68.6 cm³/mol. The van der Waals surface area contributed by atoms with Gasteiger partial charge >= 0.3 is 5.97 Å². The van der Waals surface area contributed by atoms with E-state index in [0.29, 0.717) is 0 Å². The van der Waals surface area contributed by atoms with Crippen LogP contribution in [0, 0.1) is 0 Å². The van der Waals surface area contributed by atoms with Crippen LogP contribution in [0.1, 0.15) is 13.3 Å². The maximum atomic E-state index is 11.7. The summed E-state index contributed by atoms with van der Waals surface area (Å²) in [6.45, 7) is 4.64. The average molecular weight is 317 g/mol. The van der Waals surface area contributed by atoms with Crippen molar-refractivity contribution < 1.29 is 31.7 Å². The summed E-state index contributed by atoms with van der Waals surface area (Å²) in [7, 11) is -3.63. The Morgan fingerprint density at radius 1 is 1.38 bits per heavy atom. The van der Waals surface area contributed by atoms with E-state index in [1.165, 1.54) is 6.92 Å². The molecule has 0 aromatic rings. The summed E-state index contributed by atoms with van der Waals surface area (Å²) in [4.78, 5) is 23.0. The molecule has 0 spiro atoms. The molecule has 0 saturated carbocycles. The molecule has 1 amide bonds. The third kappa shape index (κ3) is 2.34. The van der Waals surface area contributed by atoms with Gasteiger partial charge in [-0.3, -0.25) is 13.8 Å². The van der Waals surface area contributed by atoms with Gasteiger partial charge in [-0.1, -0.05) is 6.58 Å². The number of carbonyl (C=O) groups is 2. The highest BCUT2D eigenvalue weighted by Crippen LogP contribution is 2.47. The van der Waals surface area contributed by atoms with E-state index in [9.17, 15) is 18.0 Å². The number of amides is 1. The summed E-state index contributed by atoms with van der Waals surface area (Å²) in [5, 5.41) is 1.68. The standard InChI is InChI=1S/C12H15NO7S/c1-5(2)12(15)13-4-8(14)19-9-6-3-7-10(18-6)11(9)20-21(7,16)17/h6-7,9-11H,1,3-4H2,2H3,(H,13,15). The summed E-state index contributed by atoms with van der Waals surface area (Å²) in [5.41, 5.74) is 0.277. The van der Waals surface area contributed by atoms with Crippen molar-refractivity contribution in [1.29, 1.82) is 0 Å². The van der Waals surface area contributed by atoms with E-state index in [1.807, 2.05) is 0 Å². The van der Waals surface area contributed by atoms with Crippen LogP contribution < -0.4 is 5.32 Å². The zero-order valence-electron chi connectivity index (χ0n) is 11.3. The number of hydrogen-bond acceptors (Lipinski definition) is 7. The fourth-order valence-electron chi connectivity index (χ4n) is 2.86. The number of esters is 1. The molecule has 116 valence electrons. The monoisotopic (exact) mass is 317 g/mol. The van der Waals surface area contributed by atoms with Gasteiger partial charge < -0.3 is 14.8 Å². The third-order valence-electron chi connectivity index (χ3n) is 3.84. The first-order chi connectivity index (χ1) is 9.79. The smallest absolute Gasteiger partial charge is 0.325 e. The van der Waals surface area contributed by atoms with Gasteiger partial charge in [-0.2, -0.15) is 8.42 Å². The molecule has 0 aromatic carbocycles. The zero-order chi connectivity index (χ0) is 15.4. The topological polar surface area (TPSA) is 108 Å². The van der Waals surface area contributed by atoms with E-state index in [4.69, 9.17) is 13.7 Å². The van der Waals surface area contributed by atoms with E-state index >= 15 is 0 Å². The minimum Gasteiger partial charge on any atom is -0.455 e. The van der Waals surface area contributed by atoms with Gasteiger partial charge in [0.2, 0.25) is 5.91 Å². The van der Waals surface area contributed by atoms with E-state index in [0.717, 1.165) is 0 Å². The van der Waals surface area contributed by atoms with Gasteiger partial charge in [-0.05, 0) is 13.3 Å². The van der Waals surface area contributed by atoms with E-state index < -0.39 is 51.7 Å². The Morgan fingerprint density at radius 2 is 2.10 bits per heavy atom. The lowest BCUT2D eigenvalue weighted by molar-refractivity contribution is -0.154. The third-order valence-corrected chi connectivity index (χ3v) is 5.53. The summed E-state index contributed by atoms with van der Waals surface area (Å²) in [6.07, 6.45) is -2.30. The van der Waals surface area contributed by atoms with Crippen LogP contribution in [0.25, 0.3) is 0 Å². The van der Waals surface area contributed by atoms with Crippen LogP contribution in [0.4, 0.5) is 0 Å². The number of carbonyl (C=O) groups excluding carboxylic acids is 2. The lowest BCUT2D eigenvalue weighted by Crippen LogP contribution is -2.43. The van der Waals surface area contributed by atoms with Crippen LogP contribution in [0.3, 0.4) is 0 Å². The minimum absolute atomic E-state index is 0.263. The van der Waals surface area contributed by atoms with Crippen LogP contribution in [0.15, 0.2) is 12.2 Å². The second kappa shape index (κ2) is 4.79. The summed E-state index contributed by atoms with van der Waals surface area (Å²) < 4.78 is 39.0. The van der Waals surface area contributed by atoms with Crippen LogP contribution in [-0.4, -0.2) is 56.5 Å². The SMILES string of the molecule is C=C(C)C(=O)NCC(=O)OC1C2CC3C(O2)C1OS3(=O)=O. The molecule has 8 nitrogen and oxygen atoms in total. The highest BCUT2D eigenvalue weighted by Gasteiger charge is 2.67. The molecule has 0 radical (unpaired) electrons. The lowest BCUT2D eigenvalue weighted by Gasteiger charge is -2.21. The van der Waals surface area contributed by atoms with Crippen molar-refractivity contribution in [3.8, 4) is 0 Å². The molecule has 2 bridgehead atoms. The van der Waals surface area contributed by atoms with Crippen LogP contribution >= 0.6 is 0 Å². The molecule has 1 N–H and O–H groups in total. The van der Waals surface area contributed by atoms with Crippen molar-refractivity contribution in [2.75, 3.05) is 6.54 Å². The van der Waals surface area contributed by atoms with Gasteiger partial charge in [0.15, 0.2) is 6.10 Å². The molecule has 3 rings (SSSR count). The molecule has 3 fully saturated rings. The van der Waals surface area contributed by atoms with Gasteiger partial charge in [0.1, 0.15) is 24.0 Å². The van der Waals surface area contributed by atoms with Crippen molar-refractivity contribution in [2.24, 2.45) is 0 Å². The Kier molecular flexibility index (Phi) is 3.30. The molecule has 3 aliphatic rings. The molecule has 3 aliphatic heterocycles. The highest BCUT2D eigenvalue weighted by molar-refractivity contribution is 7.87. The van der Waals surface area contributed by atoms with Crippen molar-refractivity contribution in [3.63, 3.8) is 0 Å². The number of rotatable bonds is 4. The normalized spacial score (nSPS) is 38.2.